The van der Waals surface area contributed by atoms with Crippen molar-refractivity contribution < 1.29 is 36.6 Å². The Bertz CT molecular complexity index is 1270. The lowest BCUT2D eigenvalue weighted by atomic mass is 10.1. The maximum absolute atomic E-state index is 15.0. The van der Waals surface area contributed by atoms with E-state index in [0.717, 1.165) is 18.9 Å². The molecule has 2 aliphatic heterocycles. The lowest BCUT2D eigenvalue weighted by molar-refractivity contribution is -0.138. The molecule has 0 unspecified atom stereocenters. The van der Waals surface area contributed by atoms with Crippen molar-refractivity contribution in [1.82, 2.24) is 15.1 Å². The third-order valence-corrected chi connectivity index (χ3v) is 7.81. The van der Waals surface area contributed by atoms with Crippen LogP contribution in [0.25, 0.3) is 0 Å². The van der Waals surface area contributed by atoms with E-state index in [0.29, 0.717) is 43.4 Å². The molecular formula is C28H33ClF5N5O3. The number of carbonyl (C=O) groups excluding carboxylic acids is 2. The fourth-order valence-corrected chi connectivity index (χ4v) is 5.37. The zero-order chi connectivity index (χ0) is 30.4. The Kier molecular flexibility index (Phi) is 10.6. The summed E-state index contributed by atoms with van der Waals surface area (Å²) in [4.78, 5) is 30.7. The molecule has 8 nitrogen and oxygen atoms in total. The average Bonchev–Trinajstić information content (AvgIpc) is 3.40. The smallest absolute Gasteiger partial charge is 0.390 e. The minimum Gasteiger partial charge on any atom is -0.395 e. The predicted octanol–water partition coefficient (Wildman–Crippen LogP) is 4.02. The van der Waals surface area contributed by atoms with Gasteiger partial charge in [-0.05, 0) is 43.7 Å². The molecule has 0 bridgehead atoms. The van der Waals surface area contributed by atoms with Gasteiger partial charge in [0.25, 0.3) is 5.91 Å². The fourth-order valence-electron chi connectivity index (χ4n) is 5.20. The summed E-state index contributed by atoms with van der Waals surface area (Å²) in [6.07, 6.45) is -3.49. The van der Waals surface area contributed by atoms with E-state index in [1.807, 2.05) is 9.80 Å². The molecule has 0 saturated carbocycles. The third-order valence-electron chi connectivity index (χ3n) is 7.57. The van der Waals surface area contributed by atoms with Crippen LogP contribution in [0, 0.1) is 11.6 Å². The highest BCUT2D eigenvalue weighted by molar-refractivity contribution is 6.31. The number of hydrogen-bond donors (Lipinski definition) is 3. The average molecular weight is 618 g/mol. The van der Waals surface area contributed by atoms with Crippen LogP contribution < -0.4 is 15.5 Å². The SMILES string of the molecule is O=C(CN1CCC[C@H]1CO)NCc1ccc(C(=O)Nc2ccc(Cl)cc2N2CCN(CCC(F)(F)F)CC2)c(F)c1F. The second-order valence-corrected chi connectivity index (χ2v) is 10.9. The Morgan fingerprint density at radius 1 is 1.02 bits per heavy atom. The van der Waals surface area contributed by atoms with Crippen LogP contribution in [0.5, 0.6) is 0 Å². The van der Waals surface area contributed by atoms with Crippen LogP contribution in [-0.4, -0.2) is 91.4 Å². The quantitative estimate of drug-likeness (QED) is 0.349. The predicted molar refractivity (Wildman–Crippen MR) is 149 cm³/mol. The van der Waals surface area contributed by atoms with Crippen LogP contribution in [0.1, 0.15) is 35.2 Å². The van der Waals surface area contributed by atoms with Gasteiger partial charge in [-0.1, -0.05) is 17.7 Å². The number of halogens is 6. The molecular weight excluding hydrogens is 585 g/mol. The number of piperazine rings is 1. The number of rotatable bonds is 10. The summed E-state index contributed by atoms with van der Waals surface area (Å²) < 4.78 is 67.6. The molecule has 1 atom stereocenters. The van der Waals surface area contributed by atoms with Crippen molar-refractivity contribution in [2.45, 2.75) is 38.0 Å². The van der Waals surface area contributed by atoms with Gasteiger partial charge < -0.3 is 20.6 Å². The molecule has 2 aliphatic rings. The maximum atomic E-state index is 15.0. The zero-order valence-electron chi connectivity index (χ0n) is 22.8. The van der Waals surface area contributed by atoms with E-state index in [2.05, 4.69) is 10.6 Å². The minimum atomic E-state index is -4.24. The van der Waals surface area contributed by atoms with Gasteiger partial charge in [-0.15, -0.1) is 0 Å². The highest BCUT2D eigenvalue weighted by Crippen LogP contribution is 2.31. The Labute approximate surface area is 245 Å². The number of anilines is 2. The van der Waals surface area contributed by atoms with Crippen LogP contribution >= 0.6 is 11.6 Å². The summed E-state index contributed by atoms with van der Waals surface area (Å²) in [5.41, 5.74) is 0.122. The molecule has 2 aromatic carbocycles. The molecule has 230 valence electrons. The molecule has 4 rings (SSSR count). The lowest BCUT2D eigenvalue weighted by Gasteiger charge is -2.37. The number of amides is 2. The first-order valence-electron chi connectivity index (χ1n) is 13.7. The number of carbonyl (C=O) groups is 2. The minimum absolute atomic E-state index is 0.0296. The van der Waals surface area contributed by atoms with E-state index in [1.54, 1.807) is 11.0 Å². The number of alkyl halides is 3. The first kappa shape index (κ1) is 31.9. The van der Waals surface area contributed by atoms with Gasteiger partial charge in [0, 0.05) is 55.9 Å². The molecule has 0 aliphatic carbocycles. The Morgan fingerprint density at radius 2 is 1.76 bits per heavy atom. The molecule has 14 heteroatoms. The van der Waals surface area contributed by atoms with Crippen LogP contribution in [-0.2, 0) is 11.3 Å². The molecule has 2 heterocycles. The summed E-state index contributed by atoms with van der Waals surface area (Å²) in [5, 5.41) is 14.9. The standard InChI is InChI=1S/C28H33ClF5N5O3/c29-19-4-6-22(23(14-19)38-12-10-37(11-13-38)9-7-28(32,33)34)36-27(42)21-5-3-18(25(30)26(21)31)15-35-24(41)16-39-8-1-2-20(39)17-40/h3-6,14,20,40H,1-2,7-13,15-17H2,(H,35,41)(H,36,42)/t20-/m0/s1. The molecule has 2 aromatic rings. The molecule has 0 spiro atoms. The Morgan fingerprint density at radius 3 is 2.45 bits per heavy atom. The van der Waals surface area contributed by atoms with Crippen molar-refractivity contribution in [3.05, 3.63) is 58.1 Å². The van der Waals surface area contributed by atoms with E-state index in [-0.39, 0.29) is 43.5 Å². The van der Waals surface area contributed by atoms with Crippen molar-refractivity contribution in [2.75, 3.05) is 62.6 Å². The molecule has 42 heavy (non-hydrogen) atoms. The normalized spacial score (nSPS) is 18.4. The van der Waals surface area contributed by atoms with Gasteiger partial charge in [0.1, 0.15) is 0 Å². The topological polar surface area (TPSA) is 88.2 Å². The number of aliphatic hydroxyl groups excluding tert-OH is 1. The van der Waals surface area contributed by atoms with Crippen molar-refractivity contribution >= 4 is 34.8 Å². The van der Waals surface area contributed by atoms with Crippen molar-refractivity contribution in [3.63, 3.8) is 0 Å². The highest BCUT2D eigenvalue weighted by Gasteiger charge is 2.30. The fraction of sp³-hybridized carbons (Fsp3) is 0.500. The lowest BCUT2D eigenvalue weighted by Crippen LogP contribution is -2.47. The first-order valence-corrected chi connectivity index (χ1v) is 14.1. The van der Waals surface area contributed by atoms with Crippen molar-refractivity contribution in [2.24, 2.45) is 0 Å². The highest BCUT2D eigenvalue weighted by atomic mass is 35.5. The third kappa shape index (κ3) is 8.30. The number of nitrogens with zero attached hydrogens (tertiary/aromatic N) is 3. The molecule has 2 amide bonds. The van der Waals surface area contributed by atoms with Crippen molar-refractivity contribution in [1.29, 1.82) is 0 Å². The van der Waals surface area contributed by atoms with Gasteiger partial charge in [-0.25, -0.2) is 8.78 Å². The van der Waals surface area contributed by atoms with Crippen LogP contribution in [0.15, 0.2) is 30.3 Å². The van der Waals surface area contributed by atoms with Gasteiger partial charge >= 0.3 is 6.18 Å². The summed E-state index contributed by atoms with van der Waals surface area (Å²) in [6, 6.07) is 6.89. The number of likely N-dealkylation sites (tertiary alicyclic amines) is 1. The summed E-state index contributed by atoms with van der Waals surface area (Å²) in [6.45, 7) is 1.74. The molecule has 2 saturated heterocycles. The van der Waals surface area contributed by atoms with Crippen LogP contribution in [0.3, 0.4) is 0 Å². The summed E-state index contributed by atoms with van der Waals surface area (Å²) >= 11 is 6.17. The van der Waals surface area contributed by atoms with E-state index < -0.39 is 41.6 Å². The molecule has 3 N–H and O–H groups in total. The van der Waals surface area contributed by atoms with Crippen molar-refractivity contribution in [3.8, 4) is 0 Å². The van der Waals surface area contributed by atoms with Crippen LogP contribution in [0.4, 0.5) is 33.3 Å². The van der Waals surface area contributed by atoms with Crippen LogP contribution in [0.2, 0.25) is 5.02 Å². The van der Waals surface area contributed by atoms with E-state index in [1.165, 1.54) is 18.2 Å². The second-order valence-electron chi connectivity index (χ2n) is 10.4. The number of hydrogen-bond acceptors (Lipinski definition) is 6. The summed E-state index contributed by atoms with van der Waals surface area (Å²) in [7, 11) is 0. The van der Waals surface area contributed by atoms with Gasteiger partial charge in [0.2, 0.25) is 5.91 Å². The number of aliphatic hydroxyl groups is 1. The largest absolute Gasteiger partial charge is 0.395 e. The van der Waals surface area contributed by atoms with E-state index in [9.17, 15) is 36.6 Å². The van der Waals surface area contributed by atoms with E-state index >= 15 is 0 Å². The number of nitrogens with one attached hydrogen (secondary N) is 2. The maximum Gasteiger partial charge on any atom is 0.390 e. The summed E-state index contributed by atoms with van der Waals surface area (Å²) in [5.74, 6) is -3.93. The Balaban J connectivity index is 1.38. The van der Waals surface area contributed by atoms with Gasteiger partial charge in [0.05, 0.1) is 36.5 Å². The molecule has 2 fully saturated rings. The van der Waals surface area contributed by atoms with E-state index in [4.69, 9.17) is 11.6 Å². The number of benzene rings is 2. The second kappa shape index (κ2) is 14.0. The Hall–Kier alpha value is -3.00. The zero-order valence-corrected chi connectivity index (χ0v) is 23.6. The molecule has 0 radical (unpaired) electrons. The first-order chi connectivity index (χ1) is 19.9. The van der Waals surface area contributed by atoms with Gasteiger partial charge in [-0.3, -0.25) is 19.4 Å². The van der Waals surface area contributed by atoms with Gasteiger partial charge in [-0.2, -0.15) is 13.2 Å². The monoisotopic (exact) mass is 617 g/mol. The molecule has 0 aromatic heterocycles. The van der Waals surface area contributed by atoms with Gasteiger partial charge in [0.15, 0.2) is 11.6 Å².